The Balaban J connectivity index is -0.000000475. The van der Waals surface area contributed by atoms with Gasteiger partial charge in [-0.3, -0.25) is 19.2 Å². The number of imidazole rings is 2. The number of aromatic amines is 2. The number of aliphatic carboxylic acids is 2. The van der Waals surface area contributed by atoms with E-state index in [1.807, 2.05) is 0 Å². The number of rotatable bonds is 10. The summed E-state index contributed by atoms with van der Waals surface area (Å²) in [6.45, 7) is 0. The molecule has 0 aliphatic carbocycles. The van der Waals surface area contributed by atoms with Crippen LogP contribution in [0.2, 0.25) is 0 Å². The van der Waals surface area contributed by atoms with Crippen LogP contribution in [-0.2, 0) is 66.2 Å². The number of H-pyrrole nitrogens is 2. The number of carbonyl (C=O) groups is 4. The van der Waals surface area contributed by atoms with Crippen LogP contribution in [0.1, 0.15) is 11.4 Å². The van der Waals surface area contributed by atoms with Crippen molar-refractivity contribution in [2.24, 2.45) is 22.9 Å². The predicted molar refractivity (Wildman–Crippen MR) is 145 cm³/mol. The Morgan fingerprint density at radius 3 is 1.26 bits per heavy atom. The summed E-state index contributed by atoms with van der Waals surface area (Å²) >= 11 is 7.74. The summed E-state index contributed by atoms with van der Waals surface area (Å²) in [5.74, 6) is -1.49. The molecule has 2 aromatic rings. The standard InChI is InChI=1S/2C6H9N3O2.C6H12N2O2S4.2Fe/c2*7-5(6(10)11)1-4-2-8-3-9-4;7-3(1-11)5(9)13-14-6(10)4(8)2-12;;/h2*2-3,5H,1,7H2,(H,8,9)(H,10,11);3-4,11-12H,1-2,7-8H2;;. The molecule has 0 bridgehead atoms. The van der Waals surface area contributed by atoms with Gasteiger partial charge in [-0.05, 0) is 21.6 Å². The van der Waals surface area contributed by atoms with Crippen LogP contribution in [0.25, 0.3) is 0 Å². The van der Waals surface area contributed by atoms with E-state index in [1.165, 1.54) is 12.7 Å². The number of thiol groups is 2. The van der Waals surface area contributed by atoms with Crippen molar-refractivity contribution in [3.63, 3.8) is 0 Å². The number of carbonyl (C=O) groups excluding carboxylic acids is 2. The molecule has 0 fully saturated rings. The first-order valence-corrected chi connectivity index (χ1v) is 13.4. The maximum absolute atomic E-state index is 11.1. The second kappa shape index (κ2) is 23.8. The van der Waals surface area contributed by atoms with E-state index < -0.39 is 36.1 Å². The third-order valence-corrected chi connectivity index (χ3v) is 6.85. The van der Waals surface area contributed by atoms with Crippen LogP contribution >= 0.6 is 46.8 Å². The molecule has 4 unspecified atom stereocenters. The fourth-order valence-electron chi connectivity index (χ4n) is 1.79. The van der Waals surface area contributed by atoms with E-state index in [1.54, 1.807) is 12.4 Å². The summed E-state index contributed by atoms with van der Waals surface area (Å²) in [5, 5.41) is 16.3. The molecule has 2 heterocycles. The van der Waals surface area contributed by atoms with E-state index in [0.29, 0.717) is 11.4 Å². The predicted octanol–water partition coefficient (Wildman–Crippen LogP) is -1.34. The average Bonchev–Trinajstić information content (AvgIpc) is 3.56. The minimum atomic E-state index is -1.01. The van der Waals surface area contributed by atoms with Crippen LogP contribution in [0, 0.1) is 0 Å². The molecule has 38 heavy (non-hydrogen) atoms. The Labute approximate surface area is 258 Å². The molecule has 4 atom stereocenters. The third kappa shape index (κ3) is 19.1. The van der Waals surface area contributed by atoms with Crippen LogP contribution in [0.3, 0.4) is 0 Å². The van der Waals surface area contributed by atoms with Gasteiger partial charge in [-0.15, -0.1) is 0 Å². The molecule has 14 nitrogen and oxygen atoms in total. The molecule has 0 aromatic carbocycles. The molecule has 2 aromatic heterocycles. The molecular formula is C18H30Fe2N8O6S4. The zero-order valence-electron chi connectivity index (χ0n) is 19.6. The van der Waals surface area contributed by atoms with Gasteiger partial charge in [0.05, 0.1) is 36.1 Å². The first kappa shape index (κ1) is 41.5. The van der Waals surface area contributed by atoms with E-state index >= 15 is 0 Å². The first-order valence-electron chi connectivity index (χ1n) is 9.99. The molecule has 0 amide bonds. The fraction of sp³-hybridized carbons (Fsp3) is 0.444. The zero-order chi connectivity index (χ0) is 27.7. The Morgan fingerprint density at radius 1 is 0.737 bits per heavy atom. The second-order valence-electron chi connectivity index (χ2n) is 6.80. The summed E-state index contributed by atoms with van der Waals surface area (Å²) in [4.78, 5) is 55.9. The van der Waals surface area contributed by atoms with Gasteiger partial charge >= 0.3 is 11.9 Å². The van der Waals surface area contributed by atoms with E-state index in [-0.39, 0.29) is 68.7 Å². The van der Waals surface area contributed by atoms with Crippen molar-refractivity contribution >= 4 is 69.0 Å². The van der Waals surface area contributed by atoms with Gasteiger partial charge in [0.25, 0.3) is 0 Å². The van der Waals surface area contributed by atoms with Crippen molar-refractivity contribution in [2.75, 3.05) is 11.5 Å². The fourth-order valence-corrected chi connectivity index (χ4v) is 4.18. The van der Waals surface area contributed by atoms with Crippen molar-refractivity contribution < 1.29 is 63.5 Å². The van der Waals surface area contributed by atoms with E-state index in [2.05, 4.69) is 45.2 Å². The van der Waals surface area contributed by atoms with Gasteiger partial charge in [-0.2, -0.15) is 25.3 Å². The smallest absolute Gasteiger partial charge is 0.320 e. The third-order valence-electron chi connectivity index (χ3n) is 3.81. The molecule has 0 aliphatic heterocycles. The Hall–Kier alpha value is -1.02. The van der Waals surface area contributed by atoms with Crippen LogP contribution in [0.4, 0.5) is 0 Å². The maximum Gasteiger partial charge on any atom is 0.320 e. The normalized spacial score (nSPS) is 12.9. The minimum absolute atomic E-state index is 0. The molecule has 12 N–H and O–H groups in total. The van der Waals surface area contributed by atoms with Crippen molar-refractivity contribution in [1.29, 1.82) is 0 Å². The van der Waals surface area contributed by atoms with Gasteiger partial charge in [-0.25, -0.2) is 9.97 Å². The average molecular weight is 694 g/mol. The number of aromatic nitrogens is 4. The Bertz CT molecular complexity index is 856. The Morgan fingerprint density at radius 2 is 1.05 bits per heavy atom. The quantitative estimate of drug-likeness (QED) is 0.0784. The zero-order valence-corrected chi connectivity index (χ0v) is 25.2. The van der Waals surface area contributed by atoms with E-state index in [9.17, 15) is 19.2 Å². The van der Waals surface area contributed by atoms with Gasteiger partial charge in [0.15, 0.2) is 0 Å². The molecule has 2 rings (SSSR count). The maximum atomic E-state index is 11.1. The molecule has 218 valence electrons. The molecule has 0 aliphatic rings. The monoisotopic (exact) mass is 694 g/mol. The molecule has 0 saturated carbocycles. The van der Waals surface area contributed by atoms with Crippen LogP contribution in [0.15, 0.2) is 25.0 Å². The molecule has 0 radical (unpaired) electrons. The summed E-state index contributed by atoms with van der Waals surface area (Å²) < 4.78 is 0. The number of nitrogens with zero attached hydrogens (tertiary/aromatic N) is 2. The van der Waals surface area contributed by atoms with Gasteiger partial charge in [0.1, 0.15) is 12.1 Å². The Kier molecular flexibility index (Phi) is 26.0. The number of carboxylic acid groups (broad SMARTS) is 2. The second-order valence-corrected chi connectivity index (χ2v) is 9.67. The summed E-state index contributed by atoms with van der Waals surface area (Å²) in [5.41, 5.74) is 22.6. The molecule has 0 spiro atoms. The number of hydrogen-bond acceptors (Lipinski definition) is 14. The SMILES string of the molecule is NC(CS)C(=O)SSC(=O)C(N)CS.NC(Cc1c[nH]cn1)C(=O)O.NC(Cc1c[nH]cn1)C(=O)O.[Fe].[Fe]. The first-order chi connectivity index (χ1) is 16.9. The number of nitrogens with two attached hydrogens (primary N) is 4. The van der Waals surface area contributed by atoms with Gasteiger partial charge < -0.3 is 43.1 Å². The van der Waals surface area contributed by atoms with Crippen molar-refractivity contribution in [3.05, 3.63) is 36.4 Å². The van der Waals surface area contributed by atoms with E-state index in [0.717, 1.165) is 21.6 Å². The van der Waals surface area contributed by atoms with Crippen LogP contribution < -0.4 is 22.9 Å². The van der Waals surface area contributed by atoms with Crippen molar-refractivity contribution in [3.8, 4) is 0 Å². The van der Waals surface area contributed by atoms with E-state index in [4.69, 9.17) is 33.1 Å². The topological polar surface area (TPSA) is 270 Å². The largest absolute Gasteiger partial charge is 0.480 e. The molecular weight excluding hydrogens is 664 g/mol. The van der Waals surface area contributed by atoms with Crippen LogP contribution in [0.5, 0.6) is 0 Å². The minimum Gasteiger partial charge on any atom is -0.480 e. The van der Waals surface area contributed by atoms with Crippen molar-refractivity contribution in [2.45, 2.75) is 37.0 Å². The number of carboxylic acids is 2. The number of hydrogen-bond donors (Lipinski definition) is 10. The molecule has 0 saturated heterocycles. The number of nitrogens with one attached hydrogen (secondary N) is 2. The van der Waals surface area contributed by atoms with Gasteiger partial charge in [-0.1, -0.05) is 0 Å². The van der Waals surface area contributed by atoms with Crippen LogP contribution in [-0.4, -0.2) is 88.0 Å². The molecule has 20 heteroatoms. The van der Waals surface area contributed by atoms with Gasteiger partial charge in [0, 0.05) is 70.9 Å². The van der Waals surface area contributed by atoms with Gasteiger partial charge in [0.2, 0.25) is 10.2 Å². The summed E-state index contributed by atoms with van der Waals surface area (Å²) in [7, 11) is 1.60. The summed E-state index contributed by atoms with van der Waals surface area (Å²) in [6, 6.07) is -3.01. The summed E-state index contributed by atoms with van der Waals surface area (Å²) in [6.07, 6.45) is 6.76. The van der Waals surface area contributed by atoms with Crippen molar-refractivity contribution in [1.82, 2.24) is 19.9 Å².